The zero-order valence-electron chi connectivity index (χ0n) is 17.1. The third kappa shape index (κ3) is 5.65. The van der Waals surface area contributed by atoms with Gasteiger partial charge in [0.25, 0.3) is 0 Å². The molecule has 7 heteroatoms. The fraction of sp³-hybridized carbons (Fsp3) is 0.900. The largest absolute Gasteiger partial charge is 0.376 e. The molecule has 0 spiro atoms. The van der Waals surface area contributed by atoms with Crippen LogP contribution < -0.4 is 0 Å². The third-order valence-corrected chi connectivity index (χ3v) is 6.33. The molecule has 0 aromatic carbocycles. The molecule has 3 fully saturated rings. The minimum Gasteiger partial charge on any atom is -0.376 e. The second-order valence-electron chi connectivity index (χ2n) is 8.19. The van der Waals surface area contributed by atoms with Crippen LogP contribution in [-0.2, 0) is 14.3 Å². The Bertz CT molecular complexity index is 501. The average Bonchev–Trinajstić information content (AvgIpc) is 3.16. The Morgan fingerprint density at radius 3 is 2.30 bits per heavy atom. The van der Waals surface area contributed by atoms with Crippen molar-refractivity contribution in [2.75, 3.05) is 65.5 Å². The Balaban J connectivity index is 1.36. The van der Waals surface area contributed by atoms with E-state index in [2.05, 4.69) is 9.80 Å². The summed E-state index contributed by atoms with van der Waals surface area (Å²) in [6, 6.07) is -0.107. The zero-order chi connectivity index (χ0) is 19.2. The zero-order valence-corrected chi connectivity index (χ0v) is 17.1. The van der Waals surface area contributed by atoms with E-state index in [0.717, 1.165) is 32.7 Å². The van der Waals surface area contributed by atoms with Gasteiger partial charge in [-0.1, -0.05) is 6.42 Å². The van der Waals surface area contributed by atoms with E-state index < -0.39 is 0 Å². The number of carbonyl (C=O) groups excluding carboxylic acids is 2. The number of piperidine rings is 1. The summed E-state index contributed by atoms with van der Waals surface area (Å²) >= 11 is 0. The first-order valence-electron chi connectivity index (χ1n) is 10.7. The first-order chi connectivity index (χ1) is 13.0. The summed E-state index contributed by atoms with van der Waals surface area (Å²) in [5.41, 5.74) is 0. The molecule has 0 unspecified atom stereocenters. The molecule has 3 aliphatic rings. The summed E-state index contributed by atoms with van der Waals surface area (Å²) in [5.74, 6) is 0.284. The van der Waals surface area contributed by atoms with Crippen LogP contribution in [-0.4, -0.2) is 109 Å². The topological polar surface area (TPSA) is 56.3 Å². The lowest BCUT2D eigenvalue weighted by atomic mass is 10.1. The number of hydrogen-bond donors (Lipinski definition) is 0. The summed E-state index contributed by atoms with van der Waals surface area (Å²) < 4.78 is 6.10. The third-order valence-electron chi connectivity index (χ3n) is 6.33. The molecular weight excluding hydrogens is 344 g/mol. The maximum atomic E-state index is 12.8. The van der Waals surface area contributed by atoms with Crippen LogP contribution in [0.5, 0.6) is 0 Å². The van der Waals surface area contributed by atoms with E-state index in [0.29, 0.717) is 26.2 Å². The van der Waals surface area contributed by atoms with Crippen molar-refractivity contribution in [3.63, 3.8) is 0 Å². The van der Waals surface area contributed by atoms with Crippen molar-refractivity contribution in [2.45, 2.75) is 51.7 Å². The van der Waals surface area contributed by atoms with Crippen LogP contribution in [0.15, 0.2) is 0 Å². The van der Waals surface area contributed by atoms with E-state index in [1.165, 1.54) is 32.4 Å². The molecule has 154 valence electrons. The van der Waals surface area contributed by atoms with Gasteiger partial charge in [0.2, 0.25) is 11.8 Å². The summed E-state index contributed by atoms with van der Waals surface area (Å²) in [5, 5.41) is 0. The van der Waals surface area contributed by atoms with E-state index in [9.17, 15) is 9.59 Å². The molecule has 3 saturated heterocycles. The number of nitrogens with zero attached hydrogens (tertiary/aromatic N) is 4. The summed E-state index contributed by atoms with van der Waals surface area (Å²) in [4.78, 5) is 32.7. The highest BCUT2D eigenvalue weighted by molar-refractivity contribution is 5.82. The van der Waals surface area contributed by atoms with Gasteiger partial charge in [-0.25, -0.2) is 0 Å². The lowest BCUT2D eigenvalue weighted by molar-refractivity contribution is -0.141. The maximum absolute atomic E-state index is 12.8. The van der Waals surface area contributed by atoms with E-state index in [1.807, 2.05) is 16.7 Å². The van der Waals surface area contributed by atoms with Gasteiger partial charge in [-0.2, -0.15) is 0 Å². The van der Waals surface area contributed by atoms with Gasteiger partial charge in [-0.15, -0.1) is 0 Å². The van der Waals surface area contributed by atoms with E-state index in [1.54, 1.807) is 6.92 Å². The quantitative estimate of drug-likeness (QED) is 0.677. The van der Waals surface area contributed by atoms with E-state index in [4.69, 9.17) is 4.74 Å². The molecule has 0 radical (unpaired) electrons. The smallest absolute Gasteiger partial charge is 0.239 e. The van der Waals surface area contributed by atoms with Crippen molar-refractivity contribution in [3.05, 3.63) is 0 Å². The Morgan fingerprint density at radius 2 is 1.63 bits per heavy atom. The van der Waals surface area contributed by atoms with Crippen LogP contribution >= 0.6 is 0 Å². The predicted molar refractivity (Wildman–Crippen MR) is 105 cm³/mol. The molecule has 0 saturated carbocycles. The van der Waals surface area contributed by atoms with E-state index in [-0.39, 0.29) is 24.0 Å². The highest BCUT2D eigenvalue weighted by Gasteiger charge is 2.33. The van der Waals surface area contributed by atoms with Crippen molar-refractivity contribution >= 4 is 11.8 Å². The molecule has 0 aliphatic carbocycles. The van der Waals surface area contributed by atoms with Gasteiger partial charge in [0, 0.05) is 52.7 Å². The minimum absolute atomic E-state index is 0.0965. The second-order valence-corrected chi connectivity index (χ2v) is 8.19. The predicted octanol–water partition coefficient (Wildman–Crippen LogP) is 0.642. The minimum atomic E-state index is -0.107. The Kier molecular flexibility index (Phi) is 7.49. The molecule has 3 aliphatic heterocycles. The fourth-order valence-electron chi connectivity index (χ4n) is 4.44. The first-order valence-corrected chi connectivity index (χ1v) is 10.7. The van der Waals surface area contributed by atoms with Crippen LogP contribution in [0.1, 0.15) is 39.5 Å². The number of likely N-dealkylation sites (tertiary alicyclic amines) is 2. The molecule has 0 aromatic rings. The SMILES string of the molecule is CC(=O)N1CCN(C(=O)[C@H](C)N2CC[C@H](OCCN3CCCCC3)C2)CC1. The van der Waals surface area contributed by atoms with Gasteiger partial charge in [0.05, 0.1) is 18.8 Å². The number of hydrogen-bond acceptors (Lipinski definition) is 5. The molecule has 0 N–H and O–H groups in total. The second kappa shape index (κ2) is 9.85. The summed E-state index contributed by atoms with van der Waals surface area (Å²) in [6.07, 6.45) is 5.26. The van der Waals surface area contributed by atoms with Crippen molar-refractivity contribution in [3.8, 4) is 0 Å². The Hall–Kier alpha value is -1.18. The monoisotopic (exact) mass is 380 g/mol. The van der Waals surface area contributed by atoms with Crippen molar-refractivity contribution in [1.82, 2.24) is 19.6 Å². The normalized spacial score (nSPS) is 26.4. The van der Waals surface area contributed by atoms with Crippen LogP contribution in [0.2, 0.25) is 0 Å². The van der Waals surface area contributed by atoms with Crippen LogP contribution in [0.3, 0.4) is 0 Å². The molecular formula is C20H36N4O3. The van der Waals surface area contributed by atoms with Crippen LogP contribution in [0.4, 0.5) is 0 Å². The van der Waals surface area contributed by atoms with Crippen LogP contribution in [0, 0.1) is 0 Å². The maximum Gasteiger partial charge on any atom is 0.239 e. The fourth-order valence-corrected chi connectivity index (χ4v) is 4.44. The highest BCUT2D eigenvalue weighted by atomic mass is 16.5. The van der Waals surface area contributed by atoms with Crippen LogP contribution in [0.25, 0.3) is 0 Å². The van der Waals surface area contributed by atoms with Gasteiger partial charge < -0.3 is 19.4 Å². The number of rotatable bonds is 6. The van der Waals surface area contributed by atoms with E-state index >= 15 is 0 Å². The van der Waals surface area contributed by atoms with Crippen molar-refractivity contribution < 1.29 is 14.3 Å². The number of ether oxygens (including phenoxy) is 1. The Morgan fingerprint density at radius 1 is 0.963 bits per heavy atom. The van der Waals surface area contributed by atoms with Gasteiger partial charge in [0.15, 0.2) is 0 Å². The lowest BCUT2D eigenvalue weighted by Gasteiger charge is -2.37. The standard InChI is InChI=1S/C20H36N4O3/c1-17(20(26)23-12-10-22(11-13-23)18(2)25)24-9-6-19(16-24)27-15-14-21-7-4-3-5-8-21/h17,19H,3-16H2,1-2H3/t17-,19-/m0/s1. The molecule has 7 nitrogen and oxygen atoms in total. The lowest BCUT2D eigenvalue weighted by Crippen LogP contribution is -2.54. The number of carbonyl (C=O) groups is 2. The number of amides is 2. The molecule has 2 atom stereocenters. The van der Waals surface area contributed by atoms with Gasteiger partial charge in [-0.05, 0) is 39.3 Å². The summed E-state index contributed by atoms with van der Waals surface area (Å²) in [6.45, 7) is 12.2. The van der Waals surface area contributed by atoms with Crippen molar-refractivity contribution in [2.24, 2.45) is 0 Å². The molecule has 0 aromatic heterocycles. The van der Waals surface area contributed by atoms with Gasteiger partial charge >= 0.3 is 0 Å². The number of piperazine rings is 1. The first kappa shape index (κ1) is 20.6. The van der Waals surface area contributed by atoms with Gasteiger partial charge in [0.1, 0.15) is 0 Å². The molecule has 0 bridgehead atoms. The summed E-state index contributed by atoms with van der Waals surface area (Å²) in [7, 11) is 0. The van der Waals surface area contributed by atoms with Crippen molar-refractivity contribution in [1.29, 1.82) is 0 Å². The molecule has 3 rings (SSSR count). The van der Waals surface area contributed by atoms with Gasteiger partial charge in [-0.3, -0.25) is 14.5 Å². The molecule has 27 heavy (non-hydrogen) atoms. The molecule has 2 amide bonds. The Labute approximate surface area is 163 Å². The average molecular weight is 381 g/mol. The molecule has 3 heterocycles. The highest BCUT2D eigenvalue weighted by Crippen LogP contribution is 2.18.